The predicted molar refractivity (Wildman–Crippen MR) is 26.3 cm³/mol. The number of carbonyl (C=O) groups is 2. The molecule has 0 aliphatic carbocycles. The Balaban J connectivity index is 0.000000810. The van der Waals surface area contributed by atoms with Crippen LogP contribution in [-0.2, 0) is 4.79 Å². The van der Waals surface area contributed by atoms with Gasteiger partial charge in [0.1, 0.15) is 6.09 Å². The van der Waals surface area contributed by atoms with Crippen LogP contribution in [0.2, 0.25) is 0 Å². The zero-order valence-corrected chi connectivity index (χ0v) is 5.79. The van der Waals surface area contributed by atoms with Crippen molar-refractivity contribution in [1.82, 2.24) is 4.90 Å². The average molecular weight is 135 g/mol. The van der Waals surface area contributed by atoms with Crippen LogP contribution in [0.4, 0.5) is 4.79 Å². The van der Waals surface area contributed by atoms with Gasteiger partial charge in [-0.25, -0.2) is 0 Å². The fourth-order valence-corrected chi connectivity index (χ4v) is 0.841. The van der Waals surface area contributed by atoms with E-state index in [4.69, 9.17) is 0 Å². The quantitative estimate of drug-likeness (QED) is 0.318. The van der Waals surface area contributed by atoms with Crippen LogP contribution >= 0.6 is 0 Å². The molecule has 0 atom stereocenters. The molecule has 50 valence electrons. The Hall–Kier alpha value is -0.463. The van der Waals surface area contributed by atoms with E-state index < -0.39 is 6.09 Å². The zero-order valence-electron chi connectivity index (χ0n) is 5.79. The van der Waals surface area contributed by atoms with Crippen molar-refractivity contribution in [3.8, 4) is 0 Å². The van der Waals surface area contributed by atoms with E-state index in [1.165, 1.54) is 0 Å². The van der Waals surface area contributed by atoms with Crippen molar-refractivity contribution in [1.29, 1.82) is 0 Å². The Morgan fingerprint density at radius 1 is 1.60 bits per heavy atom. The van der Waals surface area contributed by atoms with Gasteiger partial charge in [0.05, 0.1) is 0 Å². The third-order valence-electron chi connectivity index (χ3n) is 1.29. The molecule has 1 aliphatic heterocycles. The van der Waals surface area contributed by atoms with Crippen LogP contribution < -0.4 is 24.0 Å². The molecule has 0 saturated carbocycles. The third kappa shape index (κ3) is 1.76. The maximum absolute atomic E-state index is 10.5. The van der Waals surface area contributed by atoms with Crippen molar-refractivity contribution in [2.75, 3.05) is 6.54 Å². The van der Waals surface area contributed by atoms with Crippen molar-refractivity contribution in [3.63, 3.8) is 0 Å². The van der Waals surface area contributed by atoms with Crippen LogP contribution in [0.3, 0.4) is 0 Å². The van der Waals surface area contributed by atoms with Crippen molar-refractivity contribution in [3.05, 3.63) is 0 Å². The van der Waals surface area contributed by atoms with E-state index in [0.29, 0.717) is 19.4 Å². The van der Waals surface area contributed by atoms with Gasteiger partial charge in [0, 0.05) is 13.0 Å². The maximum Gasteiger partial charge on any atom is 1.00 e. The van der Waals surface area contributed by atoms with Crippen LogP contribution in [0.5, 0.6) is 0 Å². The minimum absolute atomic E-state index is 0. The summed E-state index contributed by atoms with van der Waals surface area (Å²) in [6.45, 7) is 0.307. The minimum Gasteiger partial charge on any atom is -0.530 e. The SMILES string of the molecule is O=C([O-])N1CCCC1=O.[Li+]. The second-order valence-electron chi connectivity index (χ2n) is 1.91. The van der Waals surface area contributed by atoms with Crippen LogP contribution in [0.15, 0.2) is 0 Å². The summed E-state index contributed by atoms with van der Waals surface area (Å²) in [4.78, 5) is 21.3. The van der Waals surface area contributed by atoms with Crippen LogP contribution in [-0.4, -0.2) is 23.4 Å². The molecule has 0 N–H and O–H groups in total. The molecule has 0 radical (unpaired) electrons. The zero-order chi connectivity index (χ0) is 6.85. The molecule has 0 aromatic carbocycles. The van der Waals surface area contributed by atoms with Gasteiger partial charge in [-0.1, -0.05) is 0 Å². The number of rotatable bonds is 0. The van der Waals surface area contributed by atoms with Crippen molar-refractivity contribution in [2.45, 2.75) is 12.8 Å². The summed E-state index contributed by atoms with van der Waals surface area (Å²) in [5.41, 5.74) is 0. The van der Waals surface area contributed by atoms with Gasteiger partial charge in [0.25, 0.3) is 0 Å². The Morgan fingerprint density at radius 3 is 2.40 bits per heavy atom. The van der Waals surface area contributed by atoms with Gasteiger partial charge in [0.15, 0.2) is 0 Å². The molecule has 5 heteroatoms. The second-order valence-corrected chi connectivity index (χ2v) is 1.91. The standard InChI is InChI=1S/C5H7NO3.Li/c7-4-2-1-3-6(4)5(8)9;/h1-3H2,(H,8,9);/q;+1/p-1. The minimum atomic E-state index is -1.38. The molecule has 1 fully saturated rings. The maximum atomic E-state index is 10.5. The van der Waals surface area contributed by atoms with E-state index in [1.807, 2.05) is 0 Å². The fraction of sp³-hybridized carbons (Fsp3) is 0.600. The van der Waals surface area contributed by atoms with E-state index >= 15 is 0 Å². The molecule has 0 aromatic rings. The average Bonchev–Trinajstić information content (AvgIpc) is 2.13. The number of hydrogen-bond donors (Lipinski definition) is 0. The number of likely N-dealkylation sites (tertiary alicyclic amines) is 1. The van der Waals surface area contributed by atoms with Gasteiger partial charge in [0.2, 0.25) is 5.91 Å². The van der Waals surface area contributed by atoms with Crippen LogP contribution in [0.25, 0.3) is 0 Å². The topological polar surface area (TPSA) is 60.4 Å². The largest absolute Gasteiger partial charge is 1.00 e. The van der Waals surface area contributed by atoms with Gasteiger partial charge in [-0.15, -0.1) is 0 Å². The van der Waals surface area contributed by atoms with E-state index in [1.54, 1.807) is 0 Å². The molecule has 0 aromatic heterocycles. The summed E-state index contributed by atoms with van der Waals surface area (Å²) < 4.78 is 0. The molecule has 0 bridgehead atoms. The summed E-state index contributed by atoms with van der Waals surface area (Å²) in [6.07, 6.45) is -0.404. The summed E-state index contributed by atoms with van der Waals surface area (Å²) >= 11 is 0. The number of amides is 2. The first-order valence-corrected chi connectivity index (χ1v) is 2.73. The molecular formula is C5H6LiNO3. The summed E-state index contributed by atoms with van der Waals surface area (Å²) in [6, 6.07) is 0. The normalized spacial score (nSPS) is 16.8. The molecule has 2 amide bonds. The van der Waals surface area contributed by atoms with E-state index in [-0.39, 0.29) is 24.8 Å². The van der Waals surface area contributed by atoms with Crippen LogP contribution in [0.1, 0.15) is 12.8 Å². The van der Waals surface area contributed by atoms with Gasteiger partial charge in [-0.3, -0.25) is 9.69 Å². The molecule has 10 heavy (non-hydrogen) atoms. The first-order chi connectivity index (χ1) is 4.22. The summed E-state index contributed by atoms with van der Waals surface area (Å²) in [5, 5.41) is 10.0. The number of imide groups is 1. The summed E-state index contributed by atoms with van der Waals surface area (Å²) in [7, 11) is 0. The first kappa shape index (κ1) is 9.54. The van der Waals surface area contributed by atoms with Crippen molar-refractivity contribution in [2.24, 2.45) is 0 Å². The Kier molecular flexibility index (Phi) is 3.48. The molecule has 1 heterocycles. The third-order valence-corrected chi connectivity index (χ3v) is 1.29. The van der Waals surface area contributed by atoms with Gasteiger partial charge < -0.3 is 9.90 Å². The van der Waals surface area contributed by atoms with E-state index in [0.717, 1.165) is 4.90 Å². The Morgan fingerprint density at radius 2 is 2.20 bits per heavy atom. The number of carbonyl (C=O) groups excluding carboxylic acids is 2. The number of carboxylic acid groups (broad SMARTS) is 1. The van der Waals surface area contributed by atoms with E-state index in [9.17, 15) is 14.7 Å². The Labute approximate surface area is 70.4 Å². The molecule has 4 nitrogen and oxygen atoms in total. The monoisotopic (exact) mass is 135 g/mol. The molecule has 1 aliphatic rings. The fourth-order valence-electron chi connectivity index (χ4n) is 0.841. The molecule has 1 saturated heterocycles. The second kappa shape index (κ2) is 3.64. The van der Waals surface area contributed by atoms with Gasteiger partial charge >= 0.3 is 18.9 Å². The molecule has 1 rings (SSSR count). The van der Waals surface area contributed by atoms with Crippen LogP contribution in [0, 0.1) is 0 Å². The number of nitrogens with zero attached hydrogens (tertiary/aromatic N) is 1. The Bertz CT molecular complexity index is 159. The predicted octanol–water partition coefficient (Wildman–Crippen LogP) is -4.04. The van der Waals surface area contributed by atoms with Crippen molar-refractivity contribution >= 4 is 12.0 Å². The van der Waals surface area contributed by atoms with Crippen molar-refractivity contribution < 1.29 is 33.6 Å². The number of hydrogen-bond acceptors (Lipinski definition) is 3. The van der Waals surface area contributed by atoms with Gasteiger partial charge in [-0.05, 0) is 6.42 Å². The first-order valence-electron chi connectivity index (χ1n) is 2.73. The van der Waals surface area contributed by atoms with Gasteiger partial charge in [-0.2, -0.15) is 0 Å². The molecule has 0 unspecified atom stereocenters. The van der Waals surface area contributed by atoms with E-state index in [2.05, 4.69) is 0 Å². The molecular weight excluding hydrogens is 129 g/mol. The smallest absolute Gasteiger partial charge is 0.530 e. The summed E-state index contributed by atoms with van der Waals surface area (Å²) in [5.74, 6) is -0.338. The molecule has 0 spiro atoms.